The highest BCUT2D eigenvalue weighted by atomic mass is 35.5. The van der Waals surface area contributed by atoms with Gasteiger partial charge in [-0.2, -0.15) is 0 Å². The van der Waals surface area contributed by atoms with Crippen LogP contribution in [0.4, 0.5) is 5.69 Å². The molecule has 19 heavy (non-hydrogen) atoms. The molecule has 0 fully saturated rings. The van der Waals surface area contributed by atoms with E-state index in [1.54, 1.807) is 6.07 Å². The van der Waals surface area contributed by atoms with Gasteiger partial charge in [0.25, 0.3) is 0 Å². The molecular formula is C13H18ClN3OS. The van der Waals surface area contributed by atoms with Crippen LogP contribution in [0.15, 0.2) is 18.2 Å². The van der Waals surface area contributed by atoms with Crippen LogP contribution in [0.1, 0.15) is 19.4 Å². The molecular weight excluding hydrogens is 282 g/mol. The van der Waals surface area contributed by atoms with E-state index in [1.807, 2.05) is 30.9 Å². The fraction of sp³-hybridized carbons (Fsp3) is 0.385. The molecule has 0 radical (unpaired) electrons. The van der Waals surface area contributed by atoms with E-state index in [-0.39, 0.29) is 12.5 Å². The van der Waals surface area contributed by atoms with Gasteiger partial charge in [-0.05, 0) is 32.0 Å². The number of nitrogens with two attached hydrogens (primary N) is 1. The number of amides is 1. The molecule has 3 N–H and O–H groups in total. The molecule has 1 amide bonds. The van der Waals surface area contributed by atoms with E-state index < -0.39 is 0 Å². The van der Waals surface area contributed by atoms with E-state index >= 15 is 0 Å². The molecule has 0 aromatic heterocycles. The first-order valence-electron chi connectivity index (χ1n) is 6.10. The van der Waals surface area contributed by atoms with Gasteiger partial charge in [0, 0.05) is 18.7 Å². The van der Waals surface area contributed by atoms with Crippen molar-refractivity contribution in [1.29, 1.82) is 0 Å². The fourth-order valence-corrected chi connectivity index (χ4v) is 2.14. The first kappa shape index (κ1) is 15.7. The molecule has 1 aromatic rings. The number of anilines is 1. The number of nitrogens with zero attached hydrogens (tertiary/aromatic N) is 1. The molecule has 1 rings (SSSR count). The second-order valence-corrected chi connectivity index (χ2v) is 4.85. The standard InChI is InChI=1S/C13H18ClN3OS/c1-3-16-12(18)8-17(4-2)11-6-5-9(13(15)19)7-10(11)14/h5-7H,3-4,8H2,1-2H3,(H2,15,19)(H,16,18). The zero-order chi connectivity index (χ0) is 14.4. The van der Waals surface area contributed by atoms with Crippen molar-refractivity contribution in [1.82, 2.24) is 5.32 Å². The van der Waals surface area contributed by atoms with Crippen LogP contribution in [-0.2, 0) is 4.79 Å². The summed E-state index contributed by atoms with van der Waals surface area (Å²) in [5, 5.41) is 3.30. The summed E-state index contributed by atoms with van der Waals surface area (Å²) in [6, 6.07) is 5.36. The van der Waals surface area contributed by atoms with Crippen LogP contribution >= 0.6 is 23.8 Å². The molecule has 0 saturated heterocycles. The summed E-state index contributed by atoms with van der Waals surface area (Å²) in [4.78, 5) is 13.8. The van der Waals surface area contributed by atoms with Crippen molar-refractivity contribution in [2.45, 2.75) is 13.8 Å². The maximum atomic E-state index is 11.6. The maximum absolute atomic E-state index is 11.6. The molecule has 0 aliphatic rings. The molecule has 0 aliphatic carbocycles. The van der Waals surface area contributed by atoms with Gasteiger partial charge in [-0.1, -0.05) is 23.8 Å². The van der Waals surface area contributed by atoms with Crippen LogP contribution in [0.25, 0.3) is 0 Å². The number of hydrogen-bond donors (Lipinski definition) is 2. The van der Waals surface area contributed by atoms with Gasteiger partial charge in [-0.25, -0.2) is 0 Å². The second kappa shape index (κ2) is 7.31. The van der Waals surface area contributed by atoms with E-state index in [4.69, 9.17) is 29.6 Å². The molecule has 0 atom stereocenters. The Labute approximate surface area is 123 Å². The van der Waals surface area contributed by atoms with Crippen LogP contribution in [0.2, 0.25) is 5.02 Å². The van der Waals surface area contributed by atoms with Crippen LogP contribution in [0.5, 0.6) is 0 Å². The van der Waals surface area contributed by atoms with Gasteiger partial charge in [-0.3, -0.25) is 4.79 Å². The summed E-state index contributed by atoms with van der Waals surface area (Å²) < 4.78 is 0. The minimum absolute atomic E-state index is 0.0289. The van der Waals surface area contributed by atoms with E-state index in [1.165, 1.54) is 0 Å². The van der Waals surface area contributed by atoms with Crippen LogP contribution < -0.4 is 16.0 Å². The summed E-state index contributed by atoms with van der Waals surface area (Å²) in [7, 11) is 0. The van der Waals surface area contributed by atoms with Crippen LogP contribution in [0.3, 0.4) is 0 Å². The molecule has 0 heterocycles. The Morgan fingerprint density at radius 3 is 2.63 bits per heavy atom. The van der Waals surface area contributed by atoms with E-state index in [0.717, 1.165) is 11.3 Å². The van der Waals surface area contributed by atoms with Gasteiger partial charge in [0.15, 0.2) is 0 Å². The Hall–Kier alpha value is -1.33. The van der Waals surface area contributed by atoms with Crippen molar-refractivity contribution in [3.8, 4) is 0 Å². The highest BCUT2D eigenvalue weighted by Crippen LogP contribution is 2.26. The Balaban J connectivity index is 2.92. The molecule has 0 aliphatic heterocycles. The minimum Gasteiger partial charge on any atom is -0.389 e. The number of hydrogen-bond acceptors (Lipinski definition) is 3. The normalized spacial score (nSPS) is 10.1. The molecule has 0 spiro atoms. The van der Waals surface area contributed by atoms with E-state index in [9.17, 15) is 4.79 Å². The molecule has 104 valence electrons. The van der Waals surface area contributed by atoms with Gasteiger partial charge in [0.05, 0.1) is 17.3 Å². The lowest BCUT2D eigenvalue weighted by Gasteiger charge is -2.23. The number of carbonyl (C=O) groups excluding carboxylic acids is 1. The first-order chi connectivity index (χ1) is 8.99. The lowest BCUT2D eigenvalue weighted by molar-refractivity contribution is -0.119. The van der Waals surface area contributed by atoms with E-state index in [0.29, 0.717) is 23.1 Å². The van der Waals surface area contributed by atoms with Gasteiger partial charge in [0.1, 0.15) is 4.99 Å². The average molecular weight is 300 g/mol. The Morgan fingerprint density at radius 1 is 1.47 bits per heavy atom. The Kier molecular flexibility index (Phi) is 6.05. The lowest BCUT2D eigenvalue weighted by Crippen LogP contribution is -2.37. The van der Waals surface area contributed by atoms with Crippen molar-refractivity contribution in [2.75, 3.05) is 24.5 Å². The quantitative estimate of drug-likeness (QED) is 0.788. The predicted molar refractivity (Wildman–Crippen MR) is 83.9 cm³/mol. The SMILES string of the molecule is CCNC(=O)CN(CC)c1ccc(C(N)=S)cc1Cl. The van der Waals surface area contributed by atoms with Gasteiger partial charge in [-0.15, -0.1) is 0 Å². The molecule has 4 nitrogen and oxygen atoms in total. The van der Waals surface area contributed by atoms with Gasteiger partial charge in [0.2, 0.25) is 5.91 Å². The molecule has 0 bridgehead atoms. The van der Waals surface area contributed by atoms with Crippen molar-refractivity contribution >= 4 is 40.4 Å². The van der Waals surface area contributed by atoms with Crippen molar-refractivity contribution in [3.05, 3.63) is 28.8 Å². The highest BCUT2D eigenvalue weighted by molar-refractivity contribution is 7.80. The number of benzene rings is 1. The zero-order valence-corrected chi connectivity index (χ0v) is 12.6. The predicted octanol–water partition coefficient (Wildman–Crippen LogP) is 1.94. The number of thiocarbonyl (C=S) groups is 1. The van der Waals surface area contributed by atoms with Crippen molar-refractivity contribution < 1.29 is 4.79 Å². The van der Waals surface area contributed by atoms with E-state index in [2.05, 4.69) is 5.32 Å². The fourth-order valence-electron chi connectivity index (χ4n) is 1.71. The van der Waals surface area contributed by atoms with Crippen molar-refractivity contribution in [2.24, 2.45) is 5.73 Å². The summed E-state index contributed by atoms with van der Waals surface area (Å²) in [5.41, 5.74) is 7.08. The number of halogens is 1. The Morgan fingerprint density at radius 2 is 2.16 bits per heavy atom. The smallest absolute Gasteiger partial charge is 0.239 e. The average Bonchev–Trinajstić information content (AvgIpc) is 2.36. The summed E-state index contributed by atoms with van der Waals surface area (Å²) >= 11 is 11.1. The largest absolute Gasteiger partial charge is 0.389 e. The molecule has 6 heteroatoms. The summed E-state index contributed by atoms with van der Waals surface area (Å²) in [5.74, 6) is -0.0289. The van der Waals surface area contributed by atoms with Gasteiger partial charge >= 0.3 is 0 Å². The molecule has 0 saturated carbocycles. The summed E-state index contributed by atoms with van der Waals surface area (Å²) in [6.45, 7) is 5.43. The molecule has 0 unspecified atom stereocenters. The first-order valence-corrected chi connectivity index (χ1v) is 6.89. The van der Waals surface area contributed by atoms with Gasteiger partial charge < -0.3 is 16.0 Å². The third-order valence-electron chi connectivity index (χ3n) is 2.66. The highest BCUT2D eigenvalue weighted by Gasteiger charge is 2.13. The second-order valence-electron chi connectivity index (χ2n) is 4.00. The Bertz CT molecular complexity index is 479. The zero-order valence-electron chi connectivity index (χ0n) is 11.1. The number of nitrogens with one attached hydrogen (secondary N) is 1. The monoisotopic (exact) mass is 299 g/mol. The maximum Gasteiger partial charge on any atom is 0.239 e. The van der Waals surface area contributed by atoms with Crippen LogP contribution in [-0.4, -0.2) is 30.5 Å². The number of likely N-dealkylation sites (N-methyl/N-ethyl adjacent to an activating group) is 2. The summed E-state index contributed by atoms with van der Waals surface area (Å²) in [6.07, 6.45) is 0. The number of carbonyl (C=O) groups is 1. The third kappa shape index (κ3) is 4.36. The van der Waals surface area contributed by atoms with Crippen LogP contribution in [0, 0.1) is 0 Å². The van der Waals surface area contributed by atoms with Crippen molar-refractivity contribution in [3.63, 3.8) is 0 Å². The molecule has 1 aromatic carbocycles. The topological polar surface area (TPSA) is 58.4 Å². The number of rotatable bonds is 6. The third-order valence-corrected chi connectivity index (χ3v) is 3.20. The lowest BCUT2D eigenvalue weighted by atomic mass is 10.2. The minimum atomic E-state index is -0.0289.